The summed E-state index contributed by atoms with van der Waals surface area (Å²) in [4.78, 5) is 24.7. The number of alkyl halides is 3. The van der Waals surface area contributed by atoms with E-state index in [9.17, 15) is 22.8 Å². The smallest absolute Gasteiger partial charge is 0.339 e. The van der Waals surface area contributed by atoms with E-state index in [1.165, 1.54) is 11.0 Å². The van der Waals surface area contributed by atoms with Crippen molar-refractivity contribution in [1.29, 1.82) is 5.26 Å². The maximum Gasteiger partial charge on any atom is 0.416 e. The summed E-state index contributed by atoms with van der Waals surface area (Å²) in [5.74, 6) is -1.07. The van der Waals surface area contributed by atoms with Gasteiger partial charge in [-0.3, -0.25) is 9.59 Å². The molecule has 2 rings (SSSR count). The minimum absolute atomic E-state index is 0.0411. The van der Waals surface area contributed by atoms with Crippen LogP contribution in [0.5, 0.6) is 0 Å². The Labute approximate surface area is 124 Å². The van der Waals surface area contributed by atoms with Gasteiger partial charge < -0.3 is 10.2 Å². The number of rotatable bonds is 3. The SMILES string of the molecule is N#CCNC(=O)c1cc(N2CCCC2=O)cc(C(F)(F)F)c1. The molecule has 1 saturated heterocycles. The first-order valence-electron chi connectivity index (χ1n) is 6.50. The molecule has 1 fully saturated rings. The molecular formula is C14H12F3N3O2. The van der Waals surface area contributed by atoms with Gasteiger partial charge in [0.25, 0.3) is 5.91 Å². The summed E-state index contributed by atoms with van der Waals surface area (Å²) in [5, 5.41) is 10.6. The molecule has 1 heterocycles. The van der Waals surface area contributed by atoms with Gasteiger partial charge in [-0.2, -0.15) is 18.4 Å². The third-order valence-corrected chi connectivity index (χ3v) is 3.22. The number of amides is 2. The van der Waals surface area contributed by atoms with Gasteiger partial charge in [0.2, 0.25) is 5.91 Å². The van der Waals surface area contributed by atoms with Crippen LogP contribution in [0.1, 0.15) is 28.8 Å². The molecular weight excluding hydrogens is 299 g/mol. The van der Waals surface area contributed by atoms with Gasteiger partial charge in [0.05, 0.1) is 11.6 Å². The lowest BCUT2D eigenvalue weighted by atomic mass is 10.1. The van der Waals surface area contributed by atoms with Crippen molar-refractivity contribution in [3.63, 3.8) is 0 Å². The van der Waals surface area contributed by atoms with Crippen LogP contribution < -0.4 is 10.2 Å². The van der Waals surface area contributed by atoms with Gasteiger partial charge in [-0.25, -0.2) is 0 Å². The van der Waals surface area contributed by atoms with Crippen LogP contribution in [0.15, 0.2) is 18.2 Å². The van der Waals surface area contributed by atoms with E-state index < -0.39 is 17.6 Å². The summed E-state index contributed by atoms with van der Waals surface area (Å²) in [6.45, 7) is 0.00640. The Bertz CT molecular complexity index is 650. The average molecular weight is 311 g/mol. The van der Waals surface area contributed by atoms with E-state index in [1.54, 1.807) is 6.07 Å². The Hall–Kier alpha value is -2.56. The zero-order chi connectivity index (χ0) is 16.3. The maximum absolute atomic E-state index is 13.0. The Balaban J connectivity index is 2.43. The fourth-order valence-corrected chi connectivity index (χ4v) is 2.20. The number of carbonyl (C=O) groups excluding carboxylic acids is 2. The van der Waals surface area contributed by atoms with E-state index in [4.69, 9.17) is 5.26 Å². The third-order valence-electron chi connectivity index (χ3n) is 3.22. The monoisotopic (exact) mass is 311 g/mol. The summed E-state index contributed by atoms with van der Waals surface area (Å²) in [7, 11) is 0. The van der Waals surface area contributed by atoms with Gasteiger partial charge in [0.15, 0.2) is 0 Å². The molecule has 0 radical (unpaired) electrons. The first-order valence-corrected chi connectivity index (χ1v) is 6.50. The number of nitriles is 1. The first kappa shape index (κ1) is 15.8. The minimum Gasteiger partial charge on any atom is -0.339 e. The highest BCUT2D eigenvalue weighted by molar-refractivity contribution is 5.99. The van der Waals surface area contributed by atoms with Gasteiger partial charge in [-0.05, 0) is 24.6 Å². The van der Waals surface area contributed by atoms with Crippen LogP contribution in [0.2, 0.25) is 0 Å². The zero-order valence-corrected chi connectivity index (χ0v) is 11.4. The number of benzene rings is 1. The second kappa shape index (κ2) is 6.05. The lowest BCUT2D eigenvalue weighted by Crippen LogP contribution is -2.27. The Morgan fingerprint density at radius 1 is 1.36 bits per heavy atom. The van der Waals surface area contributed by atoms with Crippen molar-refractivity contribution in [2.75, 3.05) is 18.0 Å². The molecule has 0 spiro atoms. The van der Waals surface area contributed by atoms with Gasteiger partial charge >= 0.3 is 6.18 Å². The van der Waals surface area contributed by atoms with Crippen molar-refractivity contribution in [1.82, 2.24) is 5.32 Å². The Morgan fingerprint density at radius 3 is 2.64 bits per heavy atom. The molecule has 22 heavy (non-hydrogen) atoms. The molecule has 0 atom stereocenters. The second-order valence-corrected chi connectivity index (χ2v) is 4.76. The quantitative estimate of drug-likeness (QED) is 0.869. The van der Waals surface area contributed by atoms with E-state index in [-0.39, 0.29) is 30.1 Å². The van der Waals surface area contributed by atoms with Crippen molar-refractivity contribution in [3.8, 4) is 6.07 Å². The molecule has 0 saturated carbocycles. The summed E-state index contributed by atoms with van der Waals surface area (Å²) in [6.07, 6.45) is -3.81. The van der Waals surface area contributed by atoms with Crippen molar-refractivity contribution in [2.24, 2.45) is 0 Å². The fraction of sp³-hybridized carbons (Fsp3) is 0.357. The van der Waals surface area contributed by atoms with Crippen molar-refractivity contribution < 1.29 is 22.8 Å². The molecule has 0 aliphatic carbocycles. The highest BCUT2D eigenvalue weighted by Crippen LogP contribution is 2.34. The second-order valence-electron chi connectivity index (χ2n) is 4.76. The van der Waals surface area contributed by atoms with Gasteiger partial charge in [0, 0.05) is 24.2 Å². The van der Waals surface area contributed by atoms with Crippen LogP contribution in [0.4, 0.5) is 18.9 Å². The summed E-state index contributed by atoms with van der Waals surface area (Å²) >= 11 is 0. The lowest BCUT2D eigenvalue weighted by Gasteiger charge is -2.19. The van der Waals surface area contributed by atoms with Crippen LogP contribution in [0, 0.1) is 11.3 Å². The molecule has 0 aromatic heterocycles. The molecule has 1 N–H and O–H groups in total. The Morgan fingerprint density at radius 2 is 2.09 bits per heavy atom. The maximum atomic E-state index is 13.0. The molecule has 0 bridgehead atoms. The van der Waals surface area contributed by atoms with Crippen LogP contribution in [0.3, 0.4) is 0 Å². The Kier molecular flexibility index (Phi) is 4.35. The minimum atomic E-state index is -4.64. The summed E-state index contributed by atoms with van der Waals surface area (Å²) in [5.41, 5.74) is -1.20. The molecule has 5 nitrogen and oxygen atoms in total. The molecule has 1 aromatic carbocycles. The van der Waals surface area contributed by atoms with E-state index in [2.05, 4.69) is 5.32 Å². The van der Waals surface area contributed by atoms with Crippen LogP contribution in [-0.2, 0) is 11.0 Å². The number of nitrogens with zero attached hydrogens (tertiary/aromatic N) is 2. The van der Waals surface area contributed by atoms with Crippen molar-refractivity contribution in [2.45, 2.75) is 19.0 Å². The molecule has 116 valence electrons. The van der Waals surface area contributed by atoms with Gasteiger partial charge in [0.1, 0.15) is 6.54 Å². The van der Waals surface area contributed by atoms with E-state index in [0.717, 1.165) is 6.07 Å². The molecule has 1 aliphatic rings. The van der Waals surface area contributed by atoms with Crippen molar-refractivity contribution >= 4 is 17.5 Å². The lowest BCUT2D eigenvalue weighted by molar-refractivity contribution is -0.137. The molecule has 2 amide bonds. The van der Waals surface area contributed by atoms with Gasteiger partial charge in [-0.1, -0.05) is 0 Å². The standard InChI is InChI=1S/C14H12F3N3O2/c15-14(16,17)10-6-9(13(22)19-4-3-18)7-11(8-10)20-5-1-2-12(20)21/h6-8H,1-2,4-5H2,(H,19,22). The molecule has 1 aliphatic heterocycles. The highest BCUT2D eigenvalue weighted by atomic mass is 19.4. The van der Waals surface area contributed by atoms with Crippen LogP contribution >= 0.6 is 0 Å². The topological polar surface area (TPSA) is 73.2 Å². The van der Waals surface area contributed by atoms with Crippen molar-refractivity contribution in [3.05, 3.63) is 29.3 Å². The van der Waals surface area contributed by atoms with Crippen LogP contribution in [0.25, 0.3) is 0 Å². The third kappa shape index (κ3) is 3.36. The number of carbonyl (C=O) groups is 2. The molecule has 0 unspecified atom stereocenters. The fourth-order valence-electron chi connectivity index (χ4n) is 2.20. The molecule has 1 aromatic rings. The van der Waals surface area contributed by atoms with E-state index >= 15 is 0 Å². The number of halogens is 3. The predicted molar refractivity (Wildman–Crippen MR) is 71.0 cm³/mol. The largest absolute Gasteiger partial charge is 0.416 e. The number of hydrogen-bond donors (Lipinski definition) is 1. The summed E-state index contributed by atoms with van der Waals surface area (Å²) in [6, 6.07) is 4.46. The normalized spacial score (nSPS) is 14.8. The first-order chi connectivity index (χ1) is 10.3. The number of nitrogens with one attached hydrogen (secondary N) is 1. The predicted octanol–water partition coefficient (Wildman–Crippen LogP) is 2.09. The van der Waals surface area contributed by atoms with E-state index in [1.807, 2.05) is 0 Å². The van der Waals surface area contributed by atoms with Gasteiger partial charge in [-0.15, -0.1) is 0 Å². The number of hydrogen-bond acceptors (Lipinski definition) is 3. The average Bonchev–Trinajstić information content (AvgIpc) is 2.89. The number of anilines is 1. The zero-order valence-electron chi connectivity index (χ0n) is 11.4. The molecule has 8 heteroatoms. The van der Waals surface area contributed by atoms with E-state index in [0.29, 0.717) is 19.0 Å². The summed E-state index contributed by atoms with van der Waals surface area (Å²) < 4.78 is 38.9. The highest BCUT2D eigenvalue weighted by Gasteiger charge is 2.33. The van der Waals surface area contributed by atoms with Crippen LogP contribution in [-0.4, -0.2) is 24.9 Å².